The van der Waals surface area contributed by atoms with E-state index in [1.807, 2.05) is 0 Å². The predicted molar refractivity (Wildman–Crippen MR) is 64.4 cm³/mol. The third-order valence-electron chi connectivity index (χ3n) is 3.47. The molecule has 0 amide bonds. The van der Waals surface area contributed by atoms with Gasteiger partial charge in [-0.2, -0.15) is 0 Å². The van der Waals surface area contributed by atoms with Crippen molar-refractivity contribution in [1.82, 2.24) is 9.55 Å². The van der Waals surface area contributed by atoms with Gasteiger partial charge >= 0.3 is 0 Å². The molecule has 3 rings (SSSR count). The molecule has 1 aromatic heterocycles. The normalized spacial score (nSPS) is 17.6. The second kappa shape index (κ2) is 3.38. The van der Waals surface area contributed by atoms with Crippen LogP contribution < -0.4 is 0 Å². The summed E-state index contributed by atoms with van der Waals surface area (Å²) in [5.41, 5.74) is 0.993. The number of hydrogen-bond donors (Lipinski definition) is 1. The molecule has 0 saturated heterocycles. The fourth-order valence-corrected chi connectivity index (χ4v) is 2.36. The quantitative estimate of drug-likeness (QED) is 0.809. The summed E-state index contributed by atoms with van der Waals surface area (Å²) in [6.45, 7) is 2.77. The molecule has 0 bridgehead atoms. The number of H-pyrrole nitrogens is 1. The van der Waals surface area contributed by atoms with Crippen molar-refractivity contribution in [2.24, 2.45) is 5.41 Å². The molecule has 1 saturated carbocycles. The number of imidazole rings is 1. The van der Waals surface area contributed by atoms with Crippen LogP contribution in [0.2, 0.25) is 0 Å². The highest BCUT2D eigenvalue weighted by Gasteiger charge is 2.38. The van der Waals surface area contributed by atoms with Gasteiger partial charge in [-0.15, -0.1) is 0 Å². The fourth-order valence-electron chi connectivity index (χ4n) is 2.09. The molecule has 0 unspecified atom stereocenters. The second-order valence-electron chi connectivity index (χ2n) is 5.08. The number of halogens is 2. The van der Waals surface area contributed by atoms with Crippen LogP contribution in [-0.2, 0) is 6.54 Å². The van der Waals surface area contributed by atoms with Crippen LogP contribution in [0, 0.1) is 21.8 Å². The Bertz CT molecular complexity index is 652. The Morgan fingerprint density at radius 1 is 1.41 bits per heavy atom. The van der Waals surface area contributed by atoms with Gasteiger partial charge < -0.3 is 9.55 Å². The van der Waals surface area contributed by atoms with Crippen LogP contribution >= 0.6 is 12.2 Å². The van der Waals surface area contributed by atoms with E-state index in [2.05, 4.69) is 11.9 Å². The molecule has 0 radical (unpaired) electrons. The van der Waals surface area contributed by atoms with Crippen molar-refractivity contribution in [2.75, 3.05) is 0 Å². The minimum atomic E-state index is -0.832. The van der Waals surface area contributed by atoms with Crippen LogP contribution in [-0.4, -0.2) is 9.55 Å². The number of hydrogen-bond acceptors (Lipinski definition) is 1. The maximum absolute atomic E-state index is 13.8. The Kier molecular flexibility index (Phi) is 2.17. The van der Waals surface area contributed by atoms with Gasteiger partial charge in [-0.3, -0.25) is 0 Å². The lowest BCUT2D eigenvalue weighted by atomic mass is 10.1. The van der Waals surface area contributed by atoms with E-state index in [0.29, 0.717) is 16.8 Å². The van der Waals surface area contributed by atoms with Crippen molar-refractivity contribution in [3.8, 4) is 0 Å². The molecule has 1 aliphatic rings. The van der Waals surface area contributed by atoms with Gasteiger partial charge in [0.05, 0.1) is 5.52 Å². The molecular weight excluding hydrogens is 242 g/mol. The SMILES string of the molecule is CC1(Cn2c(=S)[nH]c3ccc(F)c(F)c32)CC1. The third kappa shape index (κ3) is 1.69. The Labute approximate surface area is 102 Å². The first-order valence-electron chi connectivity index (χ1n) is 5.57. The summed E-state index contributed by atoms with van der Waals surface area (Å²) in [6.07, 6.45) is 2.22. The summed E-state index contributed by atoms with van der Waals surface area (Å²) in [4.78, 5) is 2.92. The molecule has 17 heavy (non-hydrogen) atoms. The van der Waals surface area contributed by atoms with Crippen molar-refractivity contribution in [1.29, 1.82) is 0 Å². The van der Waals surface area contributed by atoms with Crippen LogP contribution in [0.5, 0.6) is 0 Å². The van der Waals surface area contributed by atoms with E-state index in [0.717, 1.165) is 18.9 Å². The largest absolute Gasteiger partial charge is 0.330 e. The monoisotopic (exact) mass is 254 g/mol. The summed E-state index contributed by atoms with van der Waals surface area (Å²) in [5.74, 6) is -1.65. The Morgan fingerprint density at radius 3 is 2.76 bits per heavy atom. The highest BCUT2D eigenvalue weighted by Crippen LogP contribution is 2.47. The van der Waals surface area contributed by atoms with Crippen LogP contribution in [0.4, 0.5) is 8.78 Å². The van der Waals surface area contributed by atoms with Gasteiger partial charge in [-0.1, -0.05) is 6.92 Å². The highest BCUT2D eigenvalue weighted by molar-refractivity contribution is 7.71. The van der Waals surface area contributed by atoms with Gasteiger partial charge in [0.15, 0.2) is 16.4 Å². The van der Waals surface area contributed by atoms with E-state index in [-0.39, 0.29) is 10.9 Å². The molecule has 1 heterocycles. The number of rotatable bonds is 2. The minimum Gasteiger partial charge on any atom is -0.330 e. The average molecular weight is 254 g/mol. The predicted octanol–water partition coefficient (Wildman–Crippen LogP) is 3.78. The van der Waals surface area contributed by atoms with Crippen LogP contribution in [0.1, 0.15) is 19.8 Å². The summed E-state index contributed by atoms with van der Waals surface area (Å²) in [6, 6.07) is 2.64. The van der Waals surface area contributed by atoms with Gasteiger partial charge in [0, 0.05) is 6.54 Å². The number of nitrogens with zero attached hydrogens (tertiary/aromatic N) is 1. The van der Waals surface area contributed by atoms with Crippen molar-refractivity contribution in [2.45, 2.75) is 26.3 Å². The van der Waals surface area contributed by atoms with E-state index < -0.39 is 11.6 Å². The van der Waals surface area contributed by atoms with Crippen molar-refractivity contribution < 1.29 is 8.78 Å². The number of aromatic amines is 1. The van der Waals surface area contributed by atoms with E-state index in [1.165, 1.54) is 6.07 Å². The van der Waals surface area contributed by atoms with Gasteiger partial charge in [-0.05, 0) is 42.6 Å². The average Bonchev–Trinajstić information content (AvgIpc) is 2.91. The first-order chi connectivity index (χ1) is 8.00. The number of benzene rings is 1. The van der Waals surface area contributed by atoms with Crippen molar-refractivity contribution in [3.05, 3.63) is 28.5 Å². The summed E-state index contributed by atoms with van der Waals surface area (Å²) >= 11 is 5.17. The zero-order valence-corrected chi connectivity index (χ0v) is 10.2. The molecule has 90 valence electrons. The molecular formula is C12H12F2N2S. The fraction of sp³-hybridized carbons (Fsp3) is 0.417. The molecule has 1 aromatic carbocycles. The first kappa shape index (κ1) is 10.9. The Hall–Kier alpha value is -1.23. The number of fused-ring (bicyclic) bond motifs is 1. The molecule has 2 nitrogen and oxygen atoms in total. The molecule has 1 fully saturated rings. The van der Waals surface area contributed by atoms with E-state index in [9.17, 15) is 8.78 Å². The molecule has 0 aliphatic heterocycles. The number of aromatic nitrogens is 2. The maximum atomic E-state index is 13.8. The smallest absolute Gasteiger partial charge is 0.184 e. The zero-order chi connectivity index (χ0) is 12.2. The topological polar surface area (TPSA) is 20.7 Å². The van der Waals surface area contributed by atoms with Crippen LogP contribution in [0.25, 0.3) is 11.0 Å². The van der Waals surface area contributed by atoms with E-state index in [4.69, 9.17) is 12.2 Å². The lowest BCUT2D eigenvalue weighted by molar-refractivity contribution is 0.459. The third-order valence-corrected chi connectivity index (χ3v) is 3.79. The van der Waals surface area contributed by atoms with Gasteiger partial charge in [0.2, 0.25) is 0 Å². The van der Waals surface area contributed by atoms with Crippen molar-refractivity contribution in [3.63, 3.8) is 0 Å². The minimum absolute atomic E-state index is 0.187. The lowest BCUT2D eigenvalue weighted by Gasteiger charge is -2.10. The number of nitrogens with one attached hydrogen (secondary N) is 1. The standard InChI is InChI=1S/C12H12F2N2S/c1-12(4-5-12)6-16-10-8(15-11(16)17)3-2-7(13)9(10)14/h2-3H,4-6H2,1H3,(H,15,17). The highest BCUT2D eigenvalue weighted by atomic mass is 32.1. The van der Waals surface area contributed by atoms with Gasteiger partial charge in [0.25, 0.3) is 0 Å². The molecule has 1 N–H and O–H groups in total. The zero-order valence-electron chi connectivity index (χ0n) is 9.39. The molecule has 2 aromatic rings. The maximum Gasteiger partial charge on any atom is 0.184 e. The molecule has 0 spiro atoms. The second-order valence-corrected chi connectivity index (χ2v) is 5.47. The van der Waals surface area contributed by atoms with Gasteiger partial charge in [-0.25, -0.2) is 8.78 Å². The summed E-state index contributed by atoms with van der Waals surface area (Å²) in [7, 11) is 0. The van der Waals surface area contributed by atoms with E-state index in [1.54, 1.807) is 4.57 Å². The van der Waals surface area contributed by atoms with Crippen molar-refractivity contribution >= 4 is 23.3 Å². The Balaban J connectivity index is 2.25. The van der Waals surface area contributed by atoms with Crippen LogP contribution in [0.15, 0.2) is 12.1 Å². The lowest BCUT2D eigenvalue weighted by Crippen LogP contribution is -2.09. The summed E-state index contributed by atoms with van der Waals surface area (Å²) < 4.78 is 29.2. The summed E-state index contributed by atoms with van der Waals surface area (Å²) in [5, 5.41) is 0. The molecule has 0 atom stereocenters. The molecule has 1 aliphatic carbocycles. The molecule has 5 heteroatoms. The van der Waals surface area contributed by atoms with Gasteiger partial charge in [0.1, 0.15) is 5.52 Å². The first-order valence-corrected chi connectivity index (χ1v) is 5.98. The Morgan fingerprint density at radius 2 is 2.12 bits per heavy atom. The van der Waals surface area contributed by atoms with Crippen LogP contribution in [0.3, 0.4) is 0 Å². The van der Waals surface area contributed by atoms with E-state index >= 15 is 0 Å².